The molecule has 0 aromatic heterocycles. The van der Waals surface area contributed by atoms with Crippen molar-refractivity contribution in [3.8, 4) is 0 Å². The lowest BCUT2D eigenvalue weighted by Gasteiger charge is -2.46. The minimum absolute atomic E-state index is 0.0343. The van der Waals surface area contributed by atoms with Crippen molar-refractivity contribution in [2.45, 2.75) is 57.7 Å². The van der Waals surface area contributed by atoms with Gasteiger partial charge in [-0.25, -0.2) is 0 Å². The molecule has 1 heterocycles. The molecule has 0 N–H and O–H groups in total. The number of rotatable bonds is 5. The molecule has 1 aromatic rings. The first-order valence-electron chi connectivity index (χ1n) is 8.46. The monoisotopic (exact) mass is 390 g/mol. The predicted octanol–water partition coefficient (Wildman–Crippen LogP) is 4.82. The Kier molecular flexibility index (Phi) is 5.56. The summed E-state index contributed by atoms with van der Waals surface area (Å²) in [5.74, 6) is 0. The molecule has 5 nitrogen and oxygen atoms in total. The van der Waals surface area contributed by atoms with E-state index in [0.717, 1.165) is 18.2 Å². The zero-order valence-corrected chi connectivity index (χ0v) is 16.7. The molecule has 0 radical (unpaired) electrons. The molecule has 0 spiro atoms. The highest BCUT2D eigenvalue weighted by Crippen LogP contribution is 2.40. The third kappa shape index (κ3) is 4.44. The molecule has 0 aliphatic carbocycles. The molecule has 1 aliphatic heterocycles. The average Bonchev–Trinajstić information content (AvgIpc) is 2.42. The first-order chi connectivity index (χ1) is 11.7. The average molecular weight is 390 g/mol. The molecule has 0 bridgehead atoms. The Morgan fingerprint density at radius 1 is 1.27 bits per heavy atom. The number of nitro groups is 1. The SMILES string of the molecule is CC(C)(C)[Si](C)(C)OC1CN(Cc2c([N+](=O)[O-])cccc2C(F)(F)F)C1. The number of hydrogen-bond donors (Lipinski definition) is 0. The Morgan fingerprint density at radius 3 is 2.31 bits per heavy atom. The molecule has 0 unspecified atom stereocenters. The molecule has 0 saturated carbocycles. The van der Waals surface area contributed by atoms with Crippen LogP contribution in [0.25, 0.3) is 0 Å². The van der Waals surface area contributed by atoms with Crippen LogP contribution in [0.15, 0.2) is 18.2 Å². The van der Waals surface area contributed by atoms with E-state index in [-0.39, 0.29) is 23.3 Å². The molecular formula is C17H25F3N2O3Si. The lowest BCUT2D eigenvalue weighted by molar-refractivity contribution is -0.386. The summed E-state index contributed by atoms with van der Waals surface area (Å²) in [5, 5.41) is 11.2. The van der Waals surface area contributed by atoms with Crippen LogP contribution in [-0.2, 0) is 17.1 Å². The summed E-state index contributed by atoms with van der Waals surface area (Å²) in [6.07, 6.45) is -4.66. The van der Waals surface area contributed by atoms with E-state index in [1.807, 2.05) is 0 Å². The van der Waals surface area contributed by atoms with E-state index in [9.17, 15) is 23.3 Å². The second kappa shape index (κ2) is 6.93. The molecule has 1 fully saturated rings. The van der Waals surface area contributed by atoms with Crippen molar-refractivity contribution in [3.05, 3.63) is 39.4 Å². The highest BCUT2D eigenvalue weighted by molar-refractivity contribution is 6.74. The van der Waals surface area contributed by atoms with Gasteiger partial charge in [0.15, 0.2) is 8.32 Å². The van der Waals surface area contributed by atoms with Gasteiger partial charge < -0.3 is 4.43 Å². The molecule has 1 aromatic carbocycles. The summed E-state index contributed by atoms with van der Waals surface area (Å²) in [6.45, 7) is 11.5. The van der Waals surface area contributed by atoms with E-state index in [1.54, 1.807) is 4.90 Å². The lowest BCUT2D eigenvalue weighted by Crippen LogP contribution is -2.57. The maximum Gasteiger partial charge on any atom is 0.416 e. The van der Waals surface area contributed by atoms with Crippen LogP contribution in [0.1, 0.15) is 31.9 Å². The molecule has 1 aliphatic rings. The third-order valence-corrected chi connectivity index (χ3v) is 9.76. The second-order valence-corrected chi connectivity index (χ2v) is 13.0. The summed E-state index contributed by atoms with van der Waals surface area (Å²) in [7, 11) is -1.94. The minimum Gasteiger partial charge on any atom is -0.411 e. The summed E-state index contributed by atoms with van der Waals surface area (Å²) in [5.41, 5.74) is -1.72. The van der Waals surface area contributed by atoms with E-state index in [4.69, 9.17) is 4.43 Å². The van der Waals surface area contributed by atoms with Gasteiger partial charge in [-0.3, -0.25) is 15.0 Å². The van der Waals surface area contributed by atoms with Gasteiger partial charge >= 0.3 is 6.18 Å². The van der Waals surface area contributed by atoms with Gasteiger partial charge in [-0.2, -0.15) is 13.2 Å². The van der Waals surface area contributed by atoms with E-state index >= 15 is 0 Å². The Morgan fingerprint density at radius 2 is 1.85 bits per heavy atom. The van der Waals surface area contributed by atoms with Crippen LogP contribution < -0.4 is 0 Å². The largest absolute Gasteiger partial charge is 0.416 e. The number of hydrogen-bond acceptors (Lipinski definition) is 4. The van der Waals surface area contributed by atoms with Gasteiger partial charge in [0, 0.05) is 25.7 Å². The predicted molar refractivity (Wildman–Crippen MR) is 95.4 cm³/mol. The van der Waals surface area contributed by atoms with Gasteiger partial charge in [0.25, 0.3) is 5.69 Å². The van der Waals surface area contributed by atoms with Crippen molar-refractivity contribution in [3.63, 3.8) is 0 Å². The van der Waals surface area contributed by atoms with E-state index in [0.29, 0.717) is 13.1 Å². The number of alkyl halides is 3. The van der Waals surface area contributed by atoms with Crippen LogP contribution in [0.4, 0.5) is 18.9 Å². The minimum atomic E-state index is -4.62. The first kappa shape index (κ1) is 20.9. The normalized spacial score (nSPS) is 17.2. The van der Waals surface area contributed by atoms with Gasteiger partial charge in [-0.15, -0.1) is 0 Å². The Labute approximate surface area is 152 Å². The number of likely N-dealkylation sites (tertiary alicyclic amines) is 1. The lowest BCUT2D eigenvalue weighted by atomic mass is 10.0. The number of benzene rings is 1. The van der Waals surface area contributed by atoms with Crippen molar-refractivity contribution in [2.24, 2.45) is 0 Å². The number of nitrogens with zero attached hydrogens (tertiary/aromatic N) is 2. The number of nitro benzene ring substituents is 1. The van der Waals surface area contributed by atoms with Crippen LogP contribution in [0, 0.1) is 10.1 Å². The van der Waals surface area contributed by atoms with Crippen molar-refractivity contribution >= 4 is 14.0 Å². The Balaban J connectivity index is 2.11. The summed E-state index contributed by atoms with van der Waals surface area (Å²) in [4.78, 5) is 12.2. The third-order valence-electron chi connectivity index (χ3n) is 5.23. The molecule has 9 heteroatoms. The molecule has 146 valence electrons. The van der Waals surface area contributed by atoms with E-state index < -0.39 is 30.7 Å². The Hall–Kier alpha value is -1.45. The molecule has 0 atom stereocenters. The van der Waals surface area contributed by atoms with Crippen LogP contribution in [-0.4, -0.2) is 37.3 Å². The fourth-order valence-electron chi connectivity index (χ4n) is 2.72. The summed E-state index contributed by atoms with van der Waals surface area (Å²) < 4.78 is 45.9. The highest BCUT2D eigenvalue weighted by atomic mass is 28.4. The highest BCUT2D eigenvalue weighted by Gasteiger charge is 2.43. The zero-order chi connectivity index (χ0) is 19.9. The van der Waals surface area contributed by atoms with Crippen molar-refractivity contribution in [1.29, 1.82) is 0 Å². The van der Waals surface area contributed by atoms with Crippen LogP contribution in [0.5, 0.6) is 0 Å². The van der Waals surface area contributed by atoms with Gasteiger partial charge in [0.2, 0.25) is 0 Å². The maximum atomic E-state index is 13.2. The molecule has 0 amide bonds. The molecular weight excluding hydrogens is 365 g/mol. The smallest absolute Gasteiger partial charge is 0.411 e. The standard InChI is InChI=1S/C17H25F3N2O3Si/c1-16(2,3)26(4,5)25-12-9-21(10-12)11-13-14(17(18,19)20)7-6-8-15(13)22(23)24/h6-8,12H,9-11H2,1-5H3. The van der Waals surface area contributed by atoms with E-state index in [2.05, 4.69) is 33.9 Å². The Bertz CT molecular complexity index is 681. The van der Waals surface area contributed by atoms with Crippen LogP contribution >= 0.6 is 0 Å². The van der Waals surface area contributed by atoms with Gasteiger partial charge in [0.05, 0.1) is 22.2 Å². The zero-order valence-electron chi connectivity index (χ0n) is 15.7. The van der Waals surface area contributed by atoms with Crippen molar-refractivity contribution < 1.29 is 22.5 Å². The summed E-state index contributed by atoms with van der Waals surface area (Å²) in [6, 6.07) is 3.09. The second-order valence-electron chi connectivity index (χ2n) is 8.25. The van der Waals surface area contributed by atoms with Gasteiger partial charge in [-0.1, -0.05) is 26.8 Å². The first-order valence-corrected chi connectivity index (χ1v) is 11.4. The van der Waals surface area contributed by atoms with E-state index in [1.165, 1.54) is 0 Å². The maximum absolute atomic E-state index is 13.2. The fourth-order valence-corrected chi connectivity index (χ4v) is 4.06. The summed E-state index contributed by atoms with van der Waals surface area (Å²) >= 11 is 0. The molecule has 2 rings (SSSR count). The quantitative estimate of drug-likeness (QED) is 0.411. The van der Waals surface area contributed by atoms with Crippen LogP contribution in [0.3, 0.4) is 0 Å². The topological polar surface area (TPSA) is 55.6 Å². The molecule has 26 heavy (non-hydrogen) atoms. The van der Waals surface area contributed by atoms with Crippen molar-refractivity contribution in [2.75, 3.05) is 13.1 Å². The van der Waals surface area contributed by atoms with Gasteiger partial charge in [0.1, 0.15) is 0 Å². The van der Waals surface area contributed by atoms with Crippen LogP contribution in [0.2, 0.25) is 18.1 Å². The fraction of sp³-hybridized carbons (Fsp3) is 0.647. The van der Waals surface area contributed by atoms with Crippen molar-refractivity contribution in [1.82, 2.24) is 4.90 Å². The van der Waals surface area contributed by atoms with Gasteiger partial charge in [-0.05, 0) is 24.2 Å². The molecule has 1 saturated heterocycles. The number of halogens is 3.